The molecule has 96 valence electrons. The second-order valence-corrected chi connectivity index (χ2v) is 5.33. The van der Waals surface area contributed by atoms with Crippen LogP contribution in [0.3, 0.4) is 0 Å². The number of hydrogen-bond acceptors (Lipinski definition) is 4. The maximum atomic E-state index is 11.7. The Kier molecular flexibility index (Phi) is 4.76. The number of hydrogen-bond donors (Lipinski definition) is 2. The number of nitrogens with zero attached hydrogens (tertiary/aromatic N) is 1. The summed E-state index contributed by atoms with van der Waals surface area (Å²) in [5.74, 6) is 0. The lowest BCUT2D eigenvalue weighted by Gasteiger charge is -2.36. The van der Waals surface area contributed by atoms with Crippen molar-refractivity contribution in [2.75, 3.05) is 13.6 Å². The molecule has 0 bridgehead atoms. The third kappa shape index (κ3) is 4.37. The highest BCUT2D eigenvalue weighted by Gasteiger charge is 2.34. The second kappa shape index (κ2) is 5.01. The smallest absolute Gasteiger partial charge is 0.410 e. The van der Waals surface area contributed by atoms with Gasteiger partial charge in [0, 0.05) is 13.6 Å². The van der Waals surface area contributed by atoms with Gasteiger partial charge >= 0.3 is 6.09 Å². The lowest BCUT2D eigenvalue weighted by atomic mass is 9.97. The van der Waals surface area contributed by atoms with E-state index >= 15 is 0 Å². The summed E-state index contributed by atoms with van der Waals surface area (Å²) >= 11 is 0. The van der Waals surface area contributed by atoms with Gasteiger partial charge in [-0.3, -0.25) is 0 Å². The van der Waals surface area contributed by atoms with E-state index in [0.717, 1.165) is 0 Å². The van der Waals surface area contributed by atoms with Crippen molar-refractivity contribution >= 4 is 6.09 Å². The molecular weight excluding hydrogens is 208 g/mol. The van der Waals surface area contributed by atoms with Crippen LogP contribution in [0.1, 0.15) is 34.6 Å². The van der Waals surface area contributed by atoms with Crippen molar-refractivity contribution in [2.24, 2.45) is 5.73 Å². The molecule has 5 nitrogen and oxygen atoms in total. The molecule has 0 rings (SSSR count). The maximum absolute atomic E-state index is 11.7. The molecule has 0 aliphatic heterocycles. The Labute approximate surface area is 97.6 Å². The zero-order chi connectivity index (χ0) is 13.1. The summed E-state index contributed by atoms with van der Waals surface area (Å²) in [6, 6.07) is -0.410. The molecule has 0 radical (unpaired) electrons. The van der Waals surface area contributed by atoms with Crippen LogP contribution in [0.2, 0.25) is 0 Å². The van der Waals surface area contributed by atoms with E-state index in [-0.39, 0.29) is 6.54 Å². The van der Waals surface area contributed by atoms with Gasteiger partial charge in [-0.1, -0.05) is 0 Å². The van der Waals surface area contributed by atoms with Crippen molar-refractivity contribution in [3.63, 3.8) is 0 Å². The summed E-state index contributed by atoms with van der Waals surface area (Å²) in [4.78, 5) is 13.1. The Hall–Kier alpha value is -0.810. The molecule has 0 fully saturated rings. The quantitative estimate of drug-likeness (QED) is 0.759. The van der Waals surface area contributed by atoms with Gasteiger partial charge in [-0.2, -0.15) is 0 Å². The molecule has 0 heterocycles. The molecule has 0 aromatic heterocycles. The first-order chi connectivity index (χ1) is 7.01. The van der Waals surface area contributed by atoms with Gasteiger partial charge in [-0.05, 0) is 34.6 Å². The molecule has 0 aromatic rings. The SMILES string of the molecule is CC(N(C)C(=O)OC(C)(C)C)C(C)(O)CN. The summed E-state index contributed by atoms with van der Waals surface area (Å²) in [6.45, 7) is 8.80. The monoisotopic (exact) mass is 232 g/mol. The van der Waals surface area contributed by atoms with Gasteiger partial charge in [0.05, 0.1) is 11.6 Å². The van der Waals surface area contributed by atoms with Gasteiger partial charge in [0.25, 0.3) is 0 Å². The third-order valence-corrected chi connectivity index (χ3v) is 2.58. The molecule has 0 spiro atoms. The van der Waals surface area contributed by atoms with Crippen molar-refractivity contribution in [2.45, 2.75) is 51.9 Å². The zero-order valence-electron chi connectivity index (χ0n) is 11.1. The number of carbonyl (C=O) groups is 1. The Morgan fingerprint density at radius 2 is 1.88 bits per heavy atom. The number of amides is 1. The van der Waals surface area contributed by atoms with Gasteiger partial charge in [0.15, 0.2) is 0 Å². The second-order valence-electron chi connectivity index (χ2n) is 5.33. The first-order valence-electron chi connectivity index (χ1n) is 5.39. The molecule has 1 amide bonds. The molecule has 16 heavy (non-hydrogen) atoms. The van der Waals surface area contributed by atoms with Crippen LogP contribution in [0.25, 0.3) is 0 Å². The average molecular weight is 232 g/mol. The summed E-state index contributed by atoms with van der Waals surface area (Å²) in [5.41, 5.74) is 3.78. The average Bonchev–Trinajstić information content (AvgIpc) is 2.12. The standard InChI is InChI=1S/C11H24N2O3/c1-8(11(5,15)7-12)13(6)9(14)16-10(2,3)4/h8,15H,7,12H2,1-6H3. The molecule has 0 aliphatic carbocycles. The van der Waals surface area contributed by atoms with Gasteiger partial charge < -0.3 is 20.5 Å². The predicted octanol–water partition coefficient (Wildman–Crippen LogP) is 0.952. The molecule has 3 N–H and O–H groups in total. The Morgan fingerprint density at radius 3 is 2.19 bits per heavy atom. The maximum Gasteiger partial charge on any atom is 0.410 e. The van der Waals surface area contributed by atoms with Crippen LogP contribution in [0.5, 0.6) is 0 Å². The number of nitrogens with two attached hydrogens (primary N) is 1. The lowest BCUT2D eigenvalue weighted by Crippen LogP contribution is -2.54. The van der Waals surface area contributed by atoms with Crippen LogP contribution in [-0.4, -0.2) is 46.9 Å². The number of ether oxygens (including phenoxy) is 1. The number of rotatable bonds is 3. The normalized spacial score (nSPS) is 17.5. The van der Waals surface area contributed by atoms with Crippen LogP contribution >= 0.6 is 0 Å². The summed E-state index contributed by atoms with van der Waals surface area (Å²) in [7, 11) is 1.59. The van der Waals surface area contributed by atoms with Crippen molar-refractivity contribution < 1.29 is 14.6 Å². The lowest BCUT2D eigenvalue weighted by molar-refractivity contribution is -0.0286. The highest BCUT2D eigenvalue weighted by Crippen LogP contribution is 2.16. The van der Waals surface area contributed by atoms with E-state index in [2.05, 4.69) is 0 Å². The summed E-state index contributed by atoms with van der Waals surface area (Å²) in [5, 5.41) is 9.93. The number of carbonyl (C=O) groups excluding carboxylic acids is 1. The Bertz CT molecular complexity index is 246. The predicted molar refractivity (Wildman–Crippen MR) is 63.1 cm³/mol. The van der Waals surface area contributed by atoms with Crippen molar-refractivity contribution in [3.8, 4) is 0 Å². The molecule has 0 saturated carbocycles. The molecule has 5 heteroatoms. The summed E-state index contributed by atoms with van der Waals surface area (Å²) in [6.07, 6.45) is -0.464. The van der Waals surface area contributed by atoms with Crippen LogP contribution in [-0.2, 0) is 4.74 Å². The third-order valence-electron chi connectivity index (χ3n) is 2.58. The number of likely N-dealkylation sites (N-methyl/N-ethyl adjacent to an activating group) is 1. The van der Waals surface area contributed by atoms with Gasteiger partial charge in [0.2, 0.25) is 0 Å². The van der Waals surface area contributed by atoms with E-state index in [0.29, 0.717) is 0 Å². The molecular formula is C11H24N2O3. The van der Waals surface area contributed by atoms with E-state index in [9.17, 15) is 9.90 Å². The minimum atomic E-state index is -1.12. The van der Waals surface area contributed by atoms with Crippen LogP contribution in [0.15, 0.2) is 0 Å². The molecule has 2 atom stereocenters. The largest absolute Gasteiger partial charge is 0.444 e. The van der Waals surface area contributed by atoms with Crippen molar-refractivity contribution in [1.29, 1.82) is 0 Å². The van der Waals surface area contributed by atoms with Crippen molar-refractivity contribution in [3.05, 3.63) is 0 Å². The van der Waals surface area contributed by atoms with Crippen LogP contribution in [0, 0.1) is 0 Å². The Morgan fingerprint density at radius 1 is 1.44 bits per heavy atom. The van der Waals surface area contributed by atoms with Gasteiger partial charge in [-0.25, -0.2) is 4.79 Å². The fraction of sp³-hybridized carbons (Fsp3) is 0.909. The van der Waals surface area contributed by atoms with Crippen LogP contribution < -0.4 is 5.73 Å². The fourth-order valence-corrected chi connectivity index (χ4v) is 1.08. The van der Waals surface area contributed by atoms with Crippen molar-refractivity contribution in [1.82, 2.24) is 4.90 Å². The Balaban J connectivity index is 4.56. The zero-order valence-corrected chi connectivity index (χ0v) is 11.1. The van der Waals surface area contributed by atoms with Gasteiger partial charge in [0.1, 0.15) is 5.60 Å². The summed E-state index contributed by atoms with van der Waals surface area (Å²) < 4.78 is 5.20. The molecule has 0 aromatic carbocycles. The van der Waals surface area contributed by atoms with E-state index in [4.69, 9.17) is 10.5 Å². The molecule has 2 unspecified atom stereocenters. The van der Waals surface area contributed by atoms with E-state index in [1.54, 1.807) is 41.7 Å². The molecule has 0 aliphatic rings. The first-order valence-corrected chi connectivity index (χ1v) is 5.39. The highest BCUT2D eigenvalue weighted by molar-refractivity contribution is 5.68. The van der Waals surface area contributed by atoms with Crippen LogP contribution in [0.4, 0.5) is 4.79 Å². The molecule has 0 saturated heterocycles. The minimum absolute atomic E-state index is 0.0846. The topological polar surface area (TPSA) is 75.8 Å². The van der Waals surface area contributed by atoms with E-state index in [1.165, 1.54) is 4.90 Å². The first kappa shape index (κ1) is 15.2. The fourth-order valence-electron chi connectivity index (χ4n) is 1.08. The minimum Gasteiger partial charge on any atom is -0.444 e. The number of aliphatic hydroxyl groups is 1. The van der Waals surface area contributed by atoms with Gasteiger partial charge in [-0.15, -0.1) is 0 Å². The highest BCUT2D eigenvalue weighted by atomic mass is 16.6. The van der Waals surface area contributed by atoms with E-state index in [1.807, 2.05) is 0 Å². The van der Waals surface area contributed by atoms with E-state index < -0.39 is 23.3 Å².